The first-order valence-electron chi connectivity index (χ1n) is 7.48. The number of hydrogen-bond donors (Lipinski definition) is 1. The zero-order chi connectivity index (χ0) is 17.4. The van der Waals surface area contributed by atoms with Crippen molar-refractivity contribution in [2.24, 2.45) is 0 Å². The van der Waals surface area contributed by atoms with Gasteiger partial charge < -0.3 is 19.5 Å². The van der Waals surface area contributed by atoms with Gasteiger partial charge in [0.15, 0.2) is 0 Å². The Morgan fingerprint density at radius 1 is 1.04 bits per heavy atom. The molecule has 6 heteroatoms. The van der Waals surface area contributed by atoms with Crippen LogP contribution in [0.25, 0.3) is 0 Å². The molecule has 1 amide bonds. The van der Waals surface area contributed by atoms with Crippen LogP contribution in [-0.2, 0) is 11.2 Å². The van der Waals surface area contributed by atoms with Crippen LogP contribution in [0.4, 0.5) is 0 Å². The average molecular weight is 350 g/mol. The van der Waals surface area contributed by atoms with Crippen molar-refractivity contribution < 1.29 is 19.0 Å². The lowest BCUT2D eigenvalue weighted by Gasteiger charge is -2.11. The van der Waals surface area contributed by atoms with Crippen LogP contribution in [0.1, 0.15) is 5.56 Å². The molecule has 0 aliphatic carbocycles. The molecule has 0 saturated carbocycles. The van der Waals surface area contributed by atoms with E-state index in [1.54, 1.807) is 50.6 Å². The third-order valence-electron chi connectivity index (χ3n) is 3.35. The first kappa shape index (κ1) is 17.9. The maximum atomic E-state index is 12.0. The Bertz CT molecular complexity index is 673. The molecule has 0 saturated heterocycles. The first-order valence-corrected chi connectivity index (χ1v) is 7.86. The van der Waals surface area contributed by atoms with Gasteiger partial charge in [-0.2, -0.15) is 0 Å². The van der Waals surface area contributed by atoms with Crippen molar-refractivity contribution in [1.29, 1.82) is 0 Å². The number of hydrogen-bond acceptors (Lipinski definition) is 4. The van der Waals surface area contributed by atoms with Gasteiger partial charge >= 0.3 is 0 Å². The lowest BCUT2D eigenvalue weighted by atomic mass is 10.1. The molecule has 0 radical (unpaired) electrons. The summed E-state index contributed by atoms with van der Waals surface area (Å²) in [5, 5.41) is 3.47. The Balaban J connectivity index is 1.78. The van der Waals surface area contributed by atoms with Crippen LogP contribution < -0.4 is 19.5 Å². The summed E-state index contributed by atoms with van der Waals surface area (Å²) in [5.74, 6) is 1.93. The Labute approximate surface area is 146 Å². The van der Waals surface area contributed by atoms with Gasteiger partial charge in [0.1, 0.15) is 23.9 Å². The third-order valence-corrected chi connectivity index (χ3v) is 3.60. The number of benzene rings is 2. The fourth-order valence-electron chi connectivity index (χ4n) is 2.12. The van der Waals surface area contributed by atoms with E-state index >= 15 is 0 Å². The minimum atomic E-state index is -0.0989. The summed E-state index contributed by atoms with van der Waals surface area (Å²) < 4.78 is 15.9. The van der Waals surface area contributed by atoms with Crippen LogP contribution in [-0.4, -0.2) is 33.3 Å². The fourth-order valence-corrected chi connectivity index (χ4v) is 2.25. The average Bonchev–Trinajstić information content (AvgIpc) is 2.60. The van der Waals surface area contributed by atoms with Crippen molar-refractivity contribution in [2.45, 2.75) is 6.42 Å². The summed E-state index contributed by atoms with van der Waals surface area (Å²) in [4.78, 5) is 12.0. The number of halogens is 1. The third kappa shape index (κ3) is 5.35. The minimum absolute atomic E-state index is 0.0989. The molecule has 5 nitrogen and oxygen atoms in total. The molecule has 0 unspecified atom stereocenters. The predicted molar refractivity (Wildman–Crippen MR) is 93.2 cm³/mol. The van der Waals surface area contributed by atoms with Crippen molar-refractivity contribution in [3.63, 3.8) is 0 Å². The van der Waals surface area contributed by atoms with Gasteiger partial charge in [-0.1, -0.05) is 17.7 Å². The second kappa shape index (κ2) is 9.03. The SMILES string of the molecule is COc1ccc(CC(=O)NCCOc2ccc(Cl)cc2)c(OC)c1. The molecule has 128 valence electrons. The molecular formula is C18H20ClNO4. The number of amides is 1. The van der Waals surface area contributed by atoms with Crippen LogP contribution in [0.15, 0.2) is 42.5 Å². The summed E-state index contributed by atoms with van der Waals surface area (Å²) >= 11 is 5.80. The molecule has 2 aromatic carbocycles. The highest BCUT2D eigenvalue weighted by Crippen LogP contribution is 2.24. The Morgan fingerprint density at radius 2 is 1.75 bits per heavy atom. The maximum Gasteiger partial charge on any atom is 0.224 e. The van der Waals surface area contributed by atoms with E-state index in [0.29, 0.717) is 35.4 Å². The summed E-state index contributed by atoms with van der Waals surface area (Å²) in [6.07, 6.45) is 0.230. The van der Waals surface area contributed by atoms with Crippen molar-refractivity contribution in [1.82, 2.24) is 5.32 Å². The number of carbonyl (C=O) groups excluding carboxylic acids is 1. The highest BCUT2D eigenvalue weighted by molar-refractivity contribution is 6.30. The topological polar surface area (TPSA) is 56.8 Å². The van der Waals surface area contributed by atoms with Crippen LogP contribution in [0.5, 0.6) is 17.2 Å². The summed E-state index contributed by atoms with van der Waals surface area (Å²) in [6, 6.07) is 12.5. The van der Waals surface area contributed by atoms with Gasteiger partial charge in [0.25, 0.3) is 0 Å². The molecule has 1 N–H and O–H groups in total. The van der Waals surface area contributed by atoms with Crippen LogP contribution in [0.2, 0.25) is 5.02 Å². The molecule has 0 heterocycles. The van der Waals surface area contributed by atoms with Gasteiger partial charge in [-0.15, -0.1) is 0 Å². The summed E-state index contributed by atoms with van der Waals surface area (Å²) in [6.45, 7) is 0.799. The molecule has 0 aromatic heterocycles. The number of carbonyl (C=O) groups is 1. The Kier molecular flexibility index (Phi) is 6.75. The van der Waals surface area contributed by atoms with E-state index in [1.165, 1.54) is 0 Å². The number of ether oxygens (including phenoxy) is 3. The van der Waals surface area contributed by atoms with Crippen molar-refractivity contribution in [2.75, 3.05) is 27.4 Å². The lowest BCUT2D eigenvalue weighted by molar-refractivity contribution is -0.120. The van der Waals surface area contributed by atoms with Gasteiger partial charge in [-0.3, -0.25) is 4.79 Å². The van der Waals surface area contributed by atoms with E-state index in [4.69, 9.17) is 25.8 Å². The zero-order valence-electron chi connectivity index (χ0n) is 13.7. The highest BCUT2D eigenvalue weighted by Gasteiger charge is 2.09. The predicted octanol–water partition coefficient (Wildman–Crippen LogP) is 3.09. The molecule has 0 fully saturated rings. The van der Waals surface area contributed by atoms with Crippen molar-refractivity contribution >= 4 is 17.5 Å². The summed E-state index contributed by atoms with van der Waals surface area (Å²) in [7, 11) is 3.15. The second-order valence-corrected chi connectivity index (χ2v) is 5.44. The molecule has 0 atom stereocenters. The normalized spacial score (nSPS) is 10.1. The van der Waals surface area contributed by atoms with Gasteiger partial charge in [-0.25, -0.2) is 0 Å². The van der Waals surface area contributed by atoms with E-state index in [1.807, 2.05) is 6.07 Å². The monoisotopic (exact) mass is 349 g/mol. The fraction of sp³-hybridized carbons (Fsp3) is 0.278. The molecule has 24 heavy (non-hydrogen) atoms. The van der Waals surface area contributed by atoms with Gasteiger partial charge in [0.05, 0.1) is 27.2 Å². The van der Waals surface area contributed by atoms with E-state index < -0.39 is 0 Å². The first-order chi connectivity index (χ1) is 11.6. The molecular weight excluding hydrogens is 330 g/mol. The molecule has 0 aliphatic heterocycles. The largest absolute Gasteiger partial charge is 0.497 e. The second-order valence-electron chi connectivity index (χ2n) is 5.01. The quantitative estimate of drug-likeness (QED) is 0.744. The van der Waals surface area contributed by atoms with Gasteiger partial charge in [0.2, 0.25) is 5.91 Å². The number of rotatable bonds is 8. The maximum absolute atomic E-state index is 12.0. The molecule has 0 bridgehead atoms. The summed E-state index contributed by atoms with van der Waals surface area (Å²) in [5.41, 5.74) is 0.800. The standard InChI is InChI=1S/C18H20ClNO4/c1-22-16-6-3-13(17(12-16)23-2)11-18(21)20-9-10-24-15-7-4-14(19)5-8-15/h3-8,12H,9-11H2,1-2H3,(H,20,21). The Morgan fingerprint density at radius 3 is 2.42 bits per heavy atom. The van der Waals surface area contributed by atoms with Gasteiger partial charge in [-0.05, 0) is 30.3 Å². The number of methoxy groups -OCH3 is 2. The number of nitrogens with one attached hydrogen (secondary N) is 1. The van der Waals surface area contributed by atoms with Crippen molar-refractivity contribution in [3.05, 3.63) is 53.1 Å². The zero-order valence-corrected chi connectivity index (χ0v) is 14.4. The van der Waals surface area contributed by atoms with Gasteiger partial charge in [0, 0.05) is 16.7 Å². The molecule has 2 aromatic rings. The van der Waals surface area contributed by atoms with E-state index in [-0.39, 0.29) is 12.3 Å². The van der Waals surface area contributed by atoms with Crippen molar-refractivity contribution in [3.8, 4) is 17.2 Å². The highest BCUT2D eigenvalue weighted by atomic mass is 35.5. The van der Waals surface area contributed by atoms with Crippen LogP contribution >= 0.6 is 11.6 Å². The van der Waals surface area contributed by atoms with Crippen LogP contribution in [0.3, 0.4) is 0 Å². The Hall–Kier alpha value is -2.40. The smallest absolute Gasteiger partial charge is 0.224 e. The molecule has 0 aliphatic rings. The molecule has 2 rings (SSSR count). The van der Waals surface area contributed by atoms with E-state index in [0.717, 1.165) is 5.56 Å². The van der Waals surface area contributed by atoms with E-state index in [9.17, 15) is 4.79 Å². The van der Waals surface area contributed by atoms with Crippen LogP contribution in [0, 0.1) is 0 Å². The minimum Gasteiger partial charge on any atom is -0.497 e. The lowest BCUT2D eigenvalue weighted by Crippen LogP contribution is -2.29. The molecule has 0 spiro atoms. The van der Waals surface area contributed by atoms with E-state index in [2.05, 4.69) is 5.32 Å².